The Morgan fingerprint density at radius 3 is 1.74 bits per heavy atom. The normalized spacial score (nSPS) is 11.6. The van der Waals surface area contributed by atoms with E-state index in [1.54, 1.807) is 28.7 Å². The maximum absolute atomic E-state index is 12.4. The Morgan fingerprint density at radius 1 is 0.741 bits per heavy atom. The second kappa shape index (κ2) is 16.6. The topological polar surface area (TPSA) is 146 Å². The van der Waals surface area contributed by atoms with Gasteiger partial charge in [0.2, 0.25) is 0 Å². The molecule has 0 unspecified atom stereocenters. The number of ether oxygens (including phenoxy) is 2. The molecule has 2 amide bonds. The van der Waals surface area contributed by atoms with E-state index in [4.69, 9.17) is 52.9 Å². The van der Waals surface area contributed by atoms with Crippen LogP contribution in [0.15, 0.2) is 108 Å². The highest BCUT2D eigenvalue weighted by molar-refractivity contribution is 7.24. The Balaban J connectivity index is 0.000000176. The lowest BCUT2D eigenvalue weighted by Gasteiger charge is -2.12. The molecule has 9 rings (SSSR count). The van der Waals surface area contributed by atoms with Gasteiger partial charge in [-0.3, -0.25) is 14.1 Å². The first-order chi connectivity index (χ1) is 28.0. The minimum Gasteiger partial charge on any atom is -0.492 e. The van der Waals surface area contributed by atoms with Gasteiger partial charge in [-0.05, 0) is 60.7 Å². The van der Waals surface area contributed by atoms with Gasteiger partial charge in [-0.25, -0.2) is 14.8 Å². The number of nitrogens with one attached hydrogen (secondary N) is 2. The van der Waals surface area contributed by atoms with Crippen LogP contribution in [-0.2, 0) is 5.41 Å². The van der Waals surface area contributed by atoms with Gasteiger partial charge in [0, 0.05) is 46.4 Å². The highest BCUT2D eigenvalue weighted by Gasteiger charge is 2.20. The largest absolute Gasteiger partial charge is 0.492 e. The van der Waals surface area contributed by atoms with E-state index in [1.807, 2.05) is 106 Å². The highest BCUT2D eigenvalue weighted by Crippen LogP contribution is 2.34. The Labute approximate surface area is 351 Å². The summed E-state index contributed by atoms with van der Waals surface area (Å²) < 4.78 is 22.9. The van der Waals surface area contributed by atoms with Crippen molar-refractivity contribution in [3.63, 3.8) is 0 Å². The lowest BCUT2D eigenvalue weighted by Crippen LogP contribution is -2.19. The first-order valence-corrected chi connectivity index (χ1v) is 21.0. The van der Waals surface area contributed by atoms with Gasteiger partial charge >= 0.3 is 6.03 Å². The number of alkyl halides is 2. The van der Waals surface area contributed by atoms with Crippen molar-refractivity contribution in [1.29, 1.82) is 0 Å². The summed E-state index contributed by atoms with van der Waals surface area (Å²) in [6.45, 7) is 7.03. The summed E-state index contributed by atoms with van der Waals surface area (Å²) in [7, 11) is 0. The molecule has 0 aliphatic heterocycles. The molecule has 5 aromatic heterocycles. The molecule has 4 aromatic carbocycles. The van der Waals surface area contributed by atoms with Crippen LogP contribution in [0.5, 0.6) is 11.5 Å². The van der Waals surface area contributed by atoms with E-state index >= 15 is 0 Å². The Bertz CT molecular complexity index is 2850. The van der Waals surface area contributed by atoms with Crippen LogP contribution in [-0.4, -0.2) is 54.9 Å². The predicted molar refractivity (Wildman–Crippen MR) is 237 cm³/mol. The first-order valence-electron chi connectivity index (χ1n) is 18.3. The molecule has 12 nitrogen and oxygen atoms in total. The van der Waals surface area contributed by atoms with Crippen LogP contribution in [0.2, 0.25) is 0 Å². The van der Waals surface area contributed by atoms with Crippen LogP contribution < -0.4 is 25.8 Å². The molecule has 9 aromatic rings. The number of hydrogen-bond donors (Lipinski definition) is 3. The zero-order valence-corrected chi connectivity index (χ0v) is 34.8. The zero-order valence-electron chi connectivity index (χ0n) is 31.7. The van der Waals surface area contributed by atoms with Crippen LogP contribution in [0.25, 0.3) is 52.9 Å². The summed E-state index contributed by atoms with van der Waals surface area (Å²) in [4.78, 5) is 23.7. The Hall–Kier alpha value is -5.80. The number of hydrogen-bond acceptors (Lipinski definition) is 10. The summed E-state index contributed by atoms with van der Waals surface area (Å²) in [6, 6.07) is 28.6. The third kappa shape index (κ3) is 8.55. The van der Waals surface area contributed by atoms with Crippen molar-refractivity contribution < 1.29 is 18.8 Å². The summed E-state index contributed by atoms with van der Waals surface area (Å²) in [6.07, 6.45) is 4.07. The number of carbonyl (C=O) groups is 1. The van der Waals surface area contributed by atoms with Crippen molar-refractivity contribution in [1.82, 2.24) is 23.9 Å². The van der Waals surface area contributed by atoms with Gasteiger partial charge in [0.1, 0.15) is 30.5 Å². The van der Waals surface area contributed by atoms with Gasteiger partial charge in [-0.1, -0.05) is 72.9 Å². The number of amides is 2. The molecule has 5 heterocycles. The molecule has 0 saturated carbocycles. The van der Waals surface area contributed by atoms with Crippen molar-refractivity contribution in [2.45, 2.75) is 26.2 Å². The molecule has 0 aliphatic carbocycles. The summed E-state index contributed by atoms with van der Waals surface area (Å²) >= 11 is 14.6. The molecule has 0 radical (unpaired) electrons. The molecule has 0 atom stereocenters. The van der Waals surface area contributed by atoms with Gasteiger partial charge in [-0.2, -0.15) is 0 Å². The fourth-order valence-corrected chi connectivity index (χ4v) is 8.30. The number of nitrogen functional groups attached to an aromatic ring is 1. The van der Waals surface area contributed by atoms with Gasteiger partial charge in [-0.15, -0.1) is 23.2 Å². The summed E-state index contributed by atoms with van der Waals surface area (Å²) in [5.74, 6) is 3.64. The van der Waals surface area contributed by atoms with Crippen LogP contribution >= 0.6 is 45.9 Å². The monoisotopic (exact) mass is 852 g/mol. The summed E-state index contributed by atoms with van der Waals surface area (Å²) in [5, 5.41) is 9.40. The third-order valence-electron chi connectivity index (χ3n) is 8.96. The molecule has 0 spiro atoms. The number of thiazole rings is 2. The fourth-order valence-electron chi connectivity index (χ4n) is 6.08. The number of imidazole rings is 2. The SMILES string of the molecule is CC(C)(C)c1cc(NC(=O)Nc2ccc(-c3cn4c(n3)sc3cc(OCCCl)ccc34)cc2)no1.Nc1ccc(-c2cn3c(n2)sc2cc(OCCCl)ccc23)cc1. The number of fused-ring (bicyclic) bond motifs is 6. The molecule has 296 valence electrons. The number of halogens is 2. The number of nitrogens with zero attached hydrogens (tertiary/aromatic N) is 5. The molecule has 16 heteroatoms. The zero-order chi connectivity index (χ0) is 40.4. The van der Waals surface area contributed by atoms with Crippen LogP contribution in [0.1, 0.15) is 26.5 Å². The predicted octanol–water partition coefficient (Wildman–Crippen LogP) is 11.2. The molecule has 0 saturated heterocycles. The van der Waals surface area contributed by atoms with Gasteiger partial charge in [0.05, 0.1) is 43.6 Å². The van der Waals surface area contributed by atoms with Gasteiger partial charge in [0.25, 0.3) is 0 Å². The third-order valence-corrected chi connectivity index (χ3v) is 11.3. The Kier molecular flexibility index (Phi) is 11.2. The lowest BCUT2D eigenvalue weighted by molar-refractivity contribution is 0.262. The standard InChI is InChI=1S/C25H24ClN5O3S.C17H14ClN3OS/c1-25(2,3)21-13-22(30-34-21)29-23(32)27-16-6-4-15(5-7-16)18-14-31-19-9-8-17(33-11-10-26)12-20(19)35-24(31)28-18;18-7-8-22-13-5-6-15-16(9-13)23-17-20-14(10-21(15)17)11-1-3-12(19)4-2-11/h4-9,12-14H,10-11H2,1-3H3,(H2,27,29,30,32);1-6,9-10H,7-8,19H2. The number of carbonyl (C=O) groups excluding carboxylic acids is 1. The van der Waals surface area contributed by atoms with E-state index in [0.717, 1.165) is 70.1 Å². The maximum atomic E-state index is 12.4. The number of benzene rings is 4. The molecule has 0 bridgehead atoms. The number of urea groups is 1. The number of anilines is 3. The minimum atomic E-state index is -0.394. The van der Waals surface area contributed by atoms with E-state index in [0.29, 0.717) is 42.2 Å². The quantitative estimate of drug-likeness (QED) is 0.0910. The highest BCUT2D eigenvalue weighted by atomic mass is 35.5. The molecule has 58 heavy (non-hydrogen) atoms. The molecular formula is C42H38Cl2N8O4S2. The lowest BCUT2D eigenvalue weighted by atomic mass is 9.93. The van der Waals surface area contributed by atoms with Crippen molar-refractivity contribution in [2.75, 3.05) is 41.3 Å². The van der Waals surface area contributed by atoms with E-state index in [1.165, 1.54) is 0 Å². The number of aromatic nitrogens is 5. The smallest absolute Gasteiger partial charge is 0.324 e. The minimum absolute atomic E-state index is 0.186. The molecule has 0 aliphatic rings. The second-order valence-electron chi connectivity index (χ2n) is 14.2. The average Bonchev–Trinajstić information content (AvgIpc) is 4.04. The van der Waals surface area contributed by atoms with Crippen LogP contribution in [0.4, 0.5) is 22.0 Å². The average molecular weight is 854 g/mol. The van der Waals surface area contributed by atoms with Crippen LogP contribution in [0.3, 0.4) is 0 Å². The molecule has 4 N–H and O–H groups in total. The summed E-state index contributed by atoms with van der Waals surface area (Å²) in [5.41, 5.74) is 13.0. The molecular weight excluding hydrogens is 816 g/mol. The van der Waals surface area contributed by atoms with Crippen molar-refractivity contribution in [3.05, 3.63) is 109 Å². The van der Waals surface area contributed by atoms with E-state index in [-0.39, 0.29) is 5.41 Å². The van der Waals surface area contributed by atoms with Gasteiger partial charge in [0.15, 0.2) is 15.7 Å². The van der Waals surface area contributed by atoms with Crippen molar-refractivity contribution >= 4 is 99.5 Å². The number of rotatable bonds is 10. The maximum Gasteiger partial charge on any atom is 0.324 e. The second-order valence-corrected chi connectivity index (χ2v) is 17.0. The molecule has 0 fully saturated rings. The number of nitrogens with two attached hydrogens (primary N) is 1. The Morgan fingerprint density at radius 2 is 1.26 bits per heavy atom. The van der Waals surface area contributed by atoms with Crippen LogP contribution in [0, 0.1) is 0 Å². The van der Waals surface area contributed by atoms with Gasteiger partial charge < -0.3 is 25.0 Å². The first kappa shape index (κ1) is 39.0. The van der Waals surface area contributed by atoms with E-state index in [2.05, 4.69) is 36.9 Å². The van der Waals surface area contributed by atoms with Crippen molar-refractivity contribution in [3.8, 4) is 34.0 Å². The van der Waals surface area contributed by atoms with Crippen molar-refractivity contribution in [2.24, 2.45) is 0 Å². The fraction of sp³-hybridized carbons (Fsp3) is 0.190. The van der Waals surface area contributed by atoms with E-state index < -0.39 is 6.03 Å². The van der Waals surface area contributed by atoms with E-state index in [9.17, 15) is 4.79 Å².